The summed E-state index contributed by atoms with van der Waals surface area (Å²) in [6.45, 7) is 0. The first-order chi connectivity index (χ1) is 7.84. The number of hydrogen-bond donors (Lipinski definition) is 0. The average Bonchev–Trinajstić information content (AvgIpc) is 2.36. The van der Waals surface area contributed by atoms with E-state index in [2.05, 4.69) is 23.5 Å². The van der Waals surface area contributed by atoms with Crippen molar-refractivity contribution in [2.45, 2.75) is 31.2 Å². The smallest absolute Gasteiger partial charge is 0.172 e. The third-order valence-electron chi connectivity index (χ3n) is 4.22. The van der Waals surface area contributed by atoms with E-state index in [1.54, 1.807) is 0 Å². The van der Waals surface area contributed by atoms with Gasteiger partial charge in [0.1, 0.15) is 0 Å². The maximum atomic E-state index is 6.38. The minimum Gasteiger partial charge on any atom is -0.353 e. The van der Waals surface area contributed by atoms with Crippen molar-refractivity contribution in [1.29, 1.82) is 0 Å². The molecule has 0 aromatic carbocycles. The van der Waals surface area contributed by atoms with Crippen molar-refractivity contribution < 1.29 is 9.47 Å². The van der Waals surface area contributed by atoms with Crippen LogP contribution in [-0.2, 0) is 9.47 Å². The Hall–Kier alpha value is 0.620. The summed E-state index contributed by atoms with van der Waals surface area (Å²) < 4.78 is 12.2. The summed E-state index contributed by atoms with van der Waals surface area (Å²) in [4.78, 5) is 0. The molecule has 3 heterocycles. The molecule has 3 aliphatic rings. The highest BCUT2D eigenvalue weighted by atomic mass is 32.2. The van der Waals surface area contributed by atoms with Crippen molar-refractivity contribution in [3.05, 3.63) is 0 Å². The second kappa shape index (κ2) is 4.71. The quantitative estimate of drug-likeness (QED) is 0.721. The van der Waals surface area contributed by atoms with Crippen molar-refractivity contribution in [3.8, 4) is 0 Å². The van der Waals surface area contributed by atoms with Gasteiger partial charge in [-0.3, -0.25) is 0 Å². The van der Waals surface area contributed by atoms with Crippen LogP contribution < -0.4 is 0 Å². The van der Waals surface area contributed by atoms with Gasteiger partial charge in [0.15, 0.2) is 5.79 Å². The standard InChI is InChI=1S/C12H20O2S2/c1-13-12-3-5-16-8-10(12)6-9-7-15-4-2-11(9)14-12/h9-11H,2-8H2,1H3/t9-,10-,11+,12-/m1/s1. The van der Waals surface area contributed by atoms with Crippen LogP contribution in [0.25, 0.3) is 0 Å². The van der Waals surface area contributed by atoms with Crippen LogP contribution in [0.2, 0.25) is 0 Å². The number of fused-ring (bicyclic) bond motifs is 2. The maximum Gasteiger partial charge on any atom is 0.172 e. The van der Waals surface area contributed by atoms with Gasteiger partial charge in [0.05, 0.1) is 6.10 Å². The monoisotopic (exact) mass is 260 g/mol. The second-order valence-electron chi connectivity index (χ2n) is 5.05. The van der Waals surface area contributed by atoms with Crippen LogP contribution in [0.3, 0.4) is 0 Å². The van der Waals surface area contributed by atoms with Crippen LogP contribution in [-0.4, -0.2) is 42.0 Å². The topological polar surface area (TPSA) is 18.5 Å². The van der Waals surface area contributed by atoms with Crippen LogP contribution in [0.1, 0.15) is 19.3 Å². The average molecular weight is 260 g/mol. The van der Waals surface area contributed by atoms with Gasteiger partial charge in [0, 0.05) is 25.2 Å². The first-order valence-corrected chi connectivity index (χ1v) is 8.53. The van der Waals surface area contributed by atoms with Crippen molar-refractivity contribution in [3.63, 3.8) is 0 Å². The Morgan fingerprint density at radius 3 is 3.00 bits per heavy atom. The van der Waals surface area contributed by atoms with Crippen LogP contribution >= 0.6 is 23.5 Å². The highest BCUT2D eigenvalue weighted by Gasteiger charge is 2.50. The molecule has 0 aromatic rings. The van der Waals surface area contributed by atoms with Gasteiger partial charge in [0.2, 0.25) is 0 Å². The lowest BCUT2D eigenvalue weighted by molar-refractivity contribution is -0.306. The molecule has 3 rings (SSSR count). The van der Waals surface area contributed by atoms with E-state index >= 15 is 0 Å². The molecule has 3 saturated heterocycles. The number of thioether (sulfide) groups is 2. The van der Waals surface area contributed by atoms with E-state index < -0.39 is 0 Å². The molecule has 0 bridgehead atoms. The molecule has 0 spiro atoms. The Kier molecular flexibility index (Phi) is 3.44. The SMILES string of the molecule is CO[C@@]12CCSC[C@H]1C[C@@H]1CSCC[C@@H]1O2. The fourth-order valence-electron chi connectivity index (χ4n) is 3.26. The summed E-state index contributed by atoms with van der Waals surface area (Å²) in [7, 11) is 1.83. The van der Waals surface area contributed by atoms with Crippen molar-refractivity contribution >= 4 is 23.5 Å². The van der Waals surface area contributed by atoms with Crippen molar-refractivity contribution in [1.82, 2.24) is 0 Å². The van der Waals surface area contributed by atoms with E-state index in [-0.39, 0.29) is 5.79 Å². The molecule has 0 N–H and O–H groups in total. The van der Waals surface area contributed by atoms with Crippen molar-refractivity contribution in [2.75, 3.05) is 30.1 Å². The van der Waals surface area contributed by atoms with Gasteiger partial charge in [0.25, 0.3) is 0 Å². The van der Waals surface area contributed by atoms with Crippen LogP contribution in [0.4, 0.5) is 0 Å². The molecule has 0 saturated carbocycles. The first kappa shape index (κ1) is 11.7. The van der Waals surface area contributed by atoms with E-state index in [1.165, 1.54) is 35.9 Å². The van der Waals surface area contributed by atoms with Gasteiger partial charge in [-0.2, -0.15) is 23.5 Å². The molecule has 0 aromatic heterocycles. The van der Waals surface area contributed by atoms with Crippen molar-refractivity contribution in [2.24, 2.45) is 11.8 Å². The van der Waals surface area contributed by atoms with Gasteiger partial charge in [-0.15, -0.1) is 0 Å². The molecular formula is C12H20O2S2. The Morgan fingerprint density at radius 2 is 2.12 bits per heavy atom. The molecule has 4 atom stereocenters. The predicted octanol–water partition coefficient (Wildman–Crippen LogP) is 2.62. The summed E-state index contributed by atoms with van der Waals surface area (Å²) in [6.07, 6.45) is 4.09. The minimum absolute atomic E-state index is 0.228. The van der Waals surface area contributed by atoms with E-state index in [0.29, 0.717) is 12.0 Å². The Balaban J connectivity index is 1.79. The fourth-order valence-corrected chi connectivity index (χ4v) is 5.75. The molecule has 4 heteroatoms. The molecular weight excluding hydrogens is 240 g/mol. The fraction of sp³-hybridized carbons (Fsp3) is 1.00. The van der Waals surface area contributed by atoms with E-state index in [9.17, 15) is 0 Å². The Morgan fingerprint density at radius 1 is 1.25 bits per heavy atom. The molecule has 0 aliphatic carbocycles. The predicted molar refractivity (Wildman–Crippen MR) is 70.1 cm³/mol. The third kappa shape index (κ3) is 1.92. The van der Waals surface area contributed by atoms with Crippen LogP contribution in [0, 0.1) is 11.8 Å². The van der Waals surface area contributed by atoms with E-state index in [1.807, 2.05) is 7.11 Å². The largest absolute Gasteiger partial charge is 0.353 e. The second-order valence-corrected chi connectivity index (χ2v) is 7.35. The zero-order valence-corrected chi connectivity index (χ0v) is 11.4. The maximum absolute atomic E-state index is 6.38. The zero-order chi connectivity index (χ0) is 11.0. The molecule has 0 unspecified atom stereocenters. The zero-order valence-electron chi connectivity index (χ0n) is 9.81. The van der Waals surface area contributed by atoms with Crippen LogP contribution in [0.15, 0.2) is 0 Å². The van der Waals surface area contributed by atoms with Crippen LogP contribution in [0.5, 0.6) is 0 Å². The number of ether oxygens (including phenoxy) is 2. The summed E-state index contributed by atoms with van der Waals surface area (Å²) >= 11 is 4.17. The minimum atomic E-state index is -0.228. The van der Waals surface area contributed by atoms with E-state index in [0.717, 1.165) is 12.3 Å². The lowest BCUT2D eigenvalue weighted by Crippen LogP contribution is -2.56. The van der Waals surface area contributed by atoms with Gasteiger partial charge < -0.3 is 9.47 Å². The highest BCUT2D eigenvalue weighted by molar-refractivity contribution is 7.99. The summed E-state index contributed by atoms with van der Waals surface area (Å²) in [5.74, 6) is 6.15. The Bertz CT molecular complexity index is 261. The molecule has 0 radical (unpaired) electrons. The Labute approximate surface area is 106 Å². The molecule has 0 amide bonds. The molecule has 3 aliphatic heterocycles. The summed E-state index contributed by atoms with van der Waals surface area (Å²) in [5, 5.41) is 0. The lowest BCUT2D eigenvalue weighted by atomic mass is 9.81. The van der Waals surface area contributed by atoms with Gasteiger partial charge in [-0.25, -0.2) is 0 Å². The molecule has 16 heavy (non-hydrogen) atoms. The number of rotatable bonds is 1. The summed E-state index contributed by atoms with van der Waals surface area (Å²) in [6, 6.07) is 0. The first-order valence-electron chi connectivity index (χ1n) is 6.22. The number of methoxy groups -OCH3 is 1. The molecule has 92 valence electrons. The van der Waals surface area contributed by atoms with Gasteiger partial charge >= 0.3 is 0 Å². The lowest BCUT2D eigenvalue weighted by Gasteiger charge is -2.52. The highest BCUT2D eigenvalue weighted by Crippen LogP contribution is 2.48. The van der Waals surface area contributed by atoms with E-state index in [4.69, 9.17) is 9.47 Å². The third-order valence-corrected chi connectivity index (χ3v) is 6.54. The summed E-state index contributed by atoms with van der Waals surface area (Å²) in [5.41, 5.74) is 0. The molecule has 3 fully saturated rings. The molecule has 2 nitrogen and oxygen atoms in total. The number of hydrogen-bond acceptors (Lipinski definition) is 4. The van der Waals surface area contributed by atoms with Gasteiger partial charge in [-0.05, 0) is 36.0 Å². The van der Waals surface area contributed by atoms with Gasteiger partial charge in [-0.1, -0.05) is 0 Å². The normalized spacial score (nSPS) is 48.2.